The minimum atomic E-state index is -0.948. The van der Waals surface area contributed by atoms with Crippen LogP contribution in [0.2, 0.25) is 0 Å². The van der Waals surface area contributed by atoms with Gasteiger partial charge in [-0.1, -0.05) is 0 Å². The summed E-state index contributed by atoms with van der Waals surface area (Å²) in [5.74, 6) is -0.529. The molecule has 0 aromatic heterocycles. The number of ether oxygens (including phenoxy) is 1. The summed E-state index contributed by atoms with van der Waals surface area (Å²) >= 11 is 4.06. The Morgan fingerprint density at radius 2 is 1.89 bits per heavy atom. The first-order chi connectivity index (χ1) is 8.24. The Bertz CT molecular complexity index is 276. The van der Waals surface area contributed by atoms with E-state index in [1.165, 1.54) is 0 Å². The summed E-state index contributed by atoms with van der Waals surface area (Å²) in [6.07, 6.45) is 1.21. The zero-order valence-electron chi connectivity index (χ0n) is 11.4. The first-order valence-corrected chi connectivity index (χ1v) is 6.70. The van der Waals surface area contributed by atoms with Crippen LogP contribution in [0.3, 0.4) is 0 Å². The summed E-state index contributed by atoms with van der Waals surface area (Å²) in [5.41, 5.74) is 0. The van der Waals surface area contributed by atoms with Gasteiger partial charge < -0.3 is 14.3 Å². The molecular weight excluding hydrogens is 254 g/mol. The number of aliphatic carboxylic acids is 1. The molecule has 1 N–H and O–H groups in total. The lowest BCUT2D eigenvalue weighted by molar-refractivity contribution is -0.873. The Kier molecular flexibility index (Phi) is 8.02. The maximum absolute atomic E-state index is 11.5. The van der Waals surface area contributed by atoms with Gasteiger partial charge in [-0.3, -0.25) is 9.59 Å². The van der Waals surface area contributed by atoms with E-state index in [1.807, 2.05) is 21.1 Å². The topological polar surface area (TPSA) is 63.6 Å². The van der Waals surface area contributed by atoms with Gasteiger partial charge in [-0.05, 0) is 18.6 Å². The van der Waals surface area contributed by atoms with E-state index in [2.05, 4.69) is 12.6 Å². The normalized spacial score (nSPS) is 13.1. The van der Waals surface area contributed by atoms with E-state index in [0.29, 0.717) is 17.4 Å². The minimum absolute atomic E-state index is 0.145. The van der Waals surface area contributed by atoms with E-state index in [1.54, 1.807) is 0 Å². The van der Waals surface area contributed by atoms with Crippen LogP contribution in [0.1, 0.15) is 25.7 Å². The van der Waals surface area contributed by atoms with Crippen molar-refractivity contribution in [1.29, 1.82) is 0 Å². The van der Waals surface area contributed by atoms with E-state index in [9.17, 15) is 9.59 Å². The van der Waals surface area contributed by atoms with Crippen LogP contribution in [-0.4, -0.2) is 61.1 Å². The summed E-state index contributed by atoms with van der Waals surface area (Å²) < 4.78 is 5.78. The first-order valence-electron chi connectivity index (χ1n) is 6.07. The lowest BCUT2D eigenvalue weighted by atomic mass is 10.2. The molecule has 0 fully saturated rings. The van der Waals surface area contributed by atoms with Gasteiger partial charge in [0.05, 0.1) is 27.6 Å². The van der Waals surface area contributed by atoms with Crippen LogP contribution in [0, 0.1) is 0 Å². The van der Waals surface area contributed by atoms with Gasteiger partial charge in [0, 0.05) is 6.42 Å². The molecule has 0 bridgehead atoms. The molecule has 0 radical (unpaired) electrons. The van der Waals surface area contributed by atoms with E-state index in [-0.39, 0.29) is 12.4 Å². The number of rotatable bonds is 9. The average molecular weight is 278 g/mol. The van der Waals surface area contributed by atoms with Crippen LogP contribution in [0.25, 0.3) is 0 Å². The molecule has 18 heavy (non-hydrogen) atoms. The van der Waals surface area contributed by atoms with Crippen LogP contribution < -0.4 is 0 Å². The van der Waals surface area contributed by atoms with Crippen molar-refractivity contribution in [1.82, 2.24) is 0 Å². The Morgan fingerprint density at radius 1 is 1.28 bits per heavy atom. The zero-order valence-corrected chi connectivity index (χ0v) is 12.3. The number of carboxylic acids is 1. The van der Waals surface area contributed by atoms with E-state index < -0.39 is 12.1 Å². The number of unbranched alkanes of at least 4 members (excludes halogenated alkanes) is 1. The van der Waals surface area contributed by atoms with Crippen LogP contribution in [0.5, 0.6) is 0 Å². The number of nitrogens with zero attached hydrogens (tertiary/aromatic N) is 1. The van der Waals surface area contributed by atoms with Crippen LogP contribution in [-0.2, 0) is 14.3 Å². The molecule has 0 aromatic carbocycles. The van der Waals surface area contributed by atoms with Crippen molar-refractivity contribution >= 4 is 24.6 Å². The predicted molar refractivity (Wildman–Crippen MR) is 72.7 cm³/mol. The maximum Gasteiger partial charge on any atom is 0.307 e. The number of hydrogen-bond acceptors (Lipinski definition) is 4. The molecule has 0 heterocycles. The molecule has 0 aliphatic rings. The second kappa shape index (κ2) is 8.37. The molecule has 6 heteroatoms. The molecule has 0 aliphatic heterocycles. The largest absolute Gasteiger partial charge is 0.481 e. The summed E-state index contributed by atoms with van der Waals surface area (Å²) in [7, 11) is 5.80. The van der Waals surface area contributed by atoms with Crippen molar-refractivity contribution in [3.63, 3.8) is 0 Å². The number of likely N-dealkylation sites (N-methyl/N-ethyl adjacent to an activating group) is 1. The summed E-state index contributed by atoms with van der Waals surface area (Å²) in [6, 6.07) is 0. The number of hydrogen-bond donors (Lipinski definition) is 2. The Labute approximate surface area is 114 Å². The van der Waals surface area contributed by atoms with Crippen LogP contribution in [0.4, 0.5) is 0 Å². The van der Waals surface area contributed by atoms with Crippen molar-refractivity contribution in [3.05, 3.63) is 0 Å². The number of esters is 1. The standard InChI is InChI=1S/C12H23NO4S/c1-13(2,3)9-10(8-11(14)15)17-12(16)6-4-5-7-18/h10H,4-9H2,1-3H3,(H-,14,15,18)/p+1. The molecule has 0 saturated carbocycles. The smallest absolute Gasteiger partial charge is 0.307 e. The SMILES string of the molecule is C[N+](C)(C)CC(CC(=O)O)OC(=O)CCCCS. The maximum atomic E-state index is 11.5. The number of carbonyl (C=O) groups excluding carboxylic acids is 1. The Hall–Kier alpha value is -0.750. The van der Waals surface area contributed by atoms with Gasteiger partial charge in [0.15, 0.2) is 6.10 Å². The lowest BCUT2D eigenvalue weighted by Crippen LogP contribution is -2.43. The molecule has 5 nitrogen and oxygen atoms in total. The summed E-state index contributed by atoms with van der Waals surface area (Å²) in [5, 5.41) is 8.80. The third kappa shape index (κ3) is 10.4. The monoisotopic (exact) mass is 278 g/mol. The predicted octanol–water partition coefficient (Wildman–Crippen LogP) is 1.18. The first kappa shape index (κ1) is 17.2. The molecule has 0 rings (SSSR count). The van der Waals surface area contributed by atoms with E-state index >= 15 is 0 Å². The number of carboxylic acid groups (broad SMARTS) is 1. The van der Waals surface area contributed by atoms with Crippen molar-refractivity contribution in [2.24, 2.45) is 0 Å². The number of quaternary nitrogens is 1. The van der Waals surface area contributed by atoms with E-state index in [0.717, 1.165) is 18.6 Å². The fourth-order valence-corrected chi connectivity index (χ4v) is 1.80. The van der Waals surface area contributed by atoms with Gasteiger partial charge in [-0.25, -0.2) is 0 Å². The highest BCUT2D eigenvalue weighted by Crippen LogP contribution is 2.08. The molecule has 0 aliphatic carbocycles. The van der Waals surface area contributed by atoms with Gasteiger partial charge >= 0.3 is 11.9 Å². The van der Waals surface area contributed by atoms with E-state index in [4.69, 9.17) is 9.84 Å². The van der Waals surface area contributed by atoms with Crippen LogP contribution >= 0.6 is 12.6 Å². The molecule has 0 amide bonds. The Balaban J connectivity index is 4.22. The second-order valence-electron chi connectivity index (χ2n) is 5.36. The van der Waals surface area contributed by atoms with Crippen molar-refractivity contribution < 1.29 is 23.9 Å². The molecule has 1 atom stereocenters. The number of carbonyl (C=O) groups is 2. The lowest BCUT2D eigenvalue weighted by Gasteiger charge is -2.28. The van der Waals surface area contributed by atoms with Gasteiger partial charge in [-0.15, -0.1) is 0 Å². The van der Waals surface area contributed by atoms with Gasteiger partial charge in [0.2, 0.25) is 0 Å². The second-order valence-corrected chi connectivity index (χ2v) is 5.81. The molecule has 106 valence electrons. The highest BCUT2D eigenvalue weighted by atomic mass is 32.1. The quantitative estimate of drug-likeness (QED) is 0.288. The highest BCUT2D eigenvalue weighted by Gasteiger charge is 2.24. The minimum Gasteiger partial charge on any atom is -0.481 e. The average Bonchev–Trinajstić information content (AvgIpc) is 2.13. The Morgan fingerprint density at radius 3 is 2.33 bits per heavy atom. The van der Waals surface area contributed by atoms with Crippen molar-refractivity contribution in [2.45, 2.75) is 31.8 Å². The van der Waals surface area contributed by atoms with Crippen molar-refractivity contribution in [2.75, 3.05) is 33.4 Å². The van der Waals surface area contributed by atoms with Crippen molar-refractivity contribution in [3.8, 4) is 0 Å². The molecule has 0 spiro atoms. The zero-order chi connectivity index (χ0) is 14.2. The molecule has 0 saturated heterocycles. The number of thiol groups is 1. The molecule has 1 unspecified atom stereocenters. The highest BCUT2D eigenvalue weighted by molar-refractivity contribution is 7.80. The molecular formula is C12H24NO4S+. The van der Waals surface area contributed by atoms with Crippen LogP contribution in [0.15, 0.2) is 0 Å². The summed E-state index contributed by atoms with van der Waals surface area (Å²) in [6.45, 7) is 0.491. The third-order valence-corrected chi connectivity index (χ3v) is 2.56. The summed E-state index contributed by atoms with van der Waals surface area (Å²) in [4.78, 5) is 22.3. The van der Waals surface area contributed by atoms with Gasteiger partial charge in [-0.2, -0.15) is 12.6 Å². The molecule has 0 aromatic rings. The fourth-order valence-electron chi connectivity index (χ4n) is 1.58. The third-order valence-electron chi connectivity index (χ3n) is 2.24. The van der Waals surface area contributed by atoms with Gasteiger partial charge in [0.1, 0.15) is 6.54 Å². The fraction of sp³-hybridized carbons (Fsp3) is 0.833. The van der Waals surface area contributed by atoms with Gasteiger partial charge in [0.25, 0.3) is 0 Å².